The van der Waals surface area contributed by atoms with Crippen LogP contribution in [0.15, 0.2) is 18.3 Å². The summed E-state index contributed by atoms with van der Waals surface area (Å²) in [6, 6.07) is 3.28. The average Bonchev–Trinajstić information content (AvgIpc) is 2.46. The SMILES string of the molecule is COc1ccc(C(NC(CO)CO)C2CC(O)C2)cn1. The highest BCUT2D eigenvalue weighted by Gasteiger charge is 2.35. The van der Waals surface area contributed by atoms with Gasteiger partial charge < -0.3 is 25.4 Å². The minimum absolute atomic E-state index is 0.0406. The van der Waals surface area contributed by atoms with E-state index in [0.29, 0.717) is 18.7 Å². The predicted molar refractivity (Wildman–Crippen MR) is 73.4 cm³/mol. The number of nitrogens with one attached hydrogen (secondary N) is 1. The van der Waals surface area contributed by atoms with E-state index in [9.17, 15) is 15.3 Å². The van der Waals surface area contributed by atoms with Crippen molar-refractivity contribution in [3.63, 3.8) is 0 Å². The maximum Gasteiger partial charge on any atom is 0.212 e. The highest BCUT2D eigenvalue weighted by atomic mass is 16.5. The van der Waals surface area contributed by atoms with Gasteiger partial charge in [0.05, 0.1) is 32.5 Å². The molecule has 1 aromatic rings. The zero-order valence-electron chi connectivity index (χ0n) is 11.6. The summed E-state index contributed by atoms with van der Waals surface area (Å²) in [6.45, 7) is -0.266. The first-order valence-corrected chi connectivity index (χ1v) is 6.83. The Balaban J connectivity index is 2.12. The molecule has 1 unspecified atom stereocenters. The van der Waals surface area contributed by atoms with Crippen LogP contribution in [-0.2, 0) is 0 Å². The molecule has 1 heterocycles. The fraction of sp³-hybridized carbons (Fsp3) is 0.643. The van der Waals surface area contributed by atoms with E-state index in [0.717, 1.165) is 5.56 Å². The van der Waals surface area contributed by atoms with Crippen LogP contribution in [-0.4, -0.2) is 52.8 Å². The van der Waals surface area contributed by atoms with E-state index in [1.807, 2.05) is 6.07 Å². The molecular formula is C14H22N2O4. The molecule has 1 aliphatic rings. The molecule has 4 N–H and O–H groups in total. The van der Waals surface area contributed by atoms with Gasteiger partial charge in [-0.3, -0.25) is 0 Å². The summed E-state index contributed by atoms with van der Waals surface area (Å²) in [6.07, 6.45) is 2.91. The molecule has 1 saturated carbocycles. The number of rotatable bonds is 7. The average molecular weight is 282 g/mol. The van der Waals surface area contributed by atoms with Gasteiger partial charge in [-0.15, -0.1) is 0 Å². The molecule has 0 aromatic carbocycles. The van der Waals surface area contributed by atoms with Crippen LogP contribution in [0.1, 0.15) is 24.4 Å². The van der Waals surface area contributed by atoms with Crippen molar-refractivity contribution in [1.82, 2.24) is 10.3 Å². The summed E-state index contributed by atoms with van der Waals surface area (Å²) >= 11 is 0. The Bertz CT molecular complexity index is 402. The smallest absolute Gasteiger partial charge is 0.212 e. The Morgan fingerprint density at radius 2 is 2.05 bits per heavy atom. The van der Waals surface area contributed by atoms with Gasteiger partial charge in [-0.1, -0.05) is 6.07 Å². The van der Waals surface area contributed by atoms with Gasteiger partial charge in [0, 0.05) is 18.3 Å². The number of hydrogen-bond donors (Lipinski definition) is 4. The lowest BCUT2D eigenvalue weighted by molar-refractivity contribution is 0.0177. The topological polar surface area (TPSA) is 94.8 Å². The van der Waals surface area contributed by atoms with Crippen LogP contribution in [0, 0.1) is 5.92 Å². The highest BCUT2D eigenvalue weighted by Crippen LogP contribution is 2.38. The van der Waals surface area contributed by atoms with Crippen molar-refractivity contribution in [2.75, 3.05) is 20.3 Å². The van der Waals surface area contributed by atoms with Crippen molar-refractivity contribution in [3.05, 3.63) is 23.9 Å². The number of aliphatic hydroxyl groups is 3. The summed E-state index contributed by atoms with van der Waals surface area (Å²) in [5.41, 5.74) is 0.967. The number of hydrogen-bond acceptors (Lipinski definition) is 6. The predicted octanol–water partition coefficient (Wildman–Crippen LogP) is -0.155. The molecule has 1 fully saturated rings. The second kappa shape index (κ2) is 6.99. The largest absolute Gasteiger partial charge is 0.481 e. The number of nitrogens with zero attached hydrogens (tertiary/aromatic N) is 1. The van der Waals surface area contributed by atoms with Crippen LogP contribution in [0.2, 0.25) is 0 Å². The minimum Gasteiger partial charge on any atom is -0.481 e. The molecule has 0 aliphatic heterocycles. The third kappa shape index (κ3) is 3.46. The highest BCUT2D eigenvalue weighted by molar-refractivity contribution is 5.22. The number of pyridine rings is 1. The zero-order valence-corrected chi connectivity index (χ0v) is 11.6. The van der Waals surface area contributed by atoms with Crippen molar-refractivity contribution in [3.8, 4) is 5.88 Å². The Kier molecular flexibility index (Phi) is 5.31. The lowest BCUT2D eigenvalue weighted by Gasteiger charge is -2.39. The molecule has 20 heavy (non-hydrogen) atoms. The molecule has 1 atom stereocenters. The van der Waals surface area contributed by atoms with Gasteiger partial charge in [0.15, 0.2) is 0 Å². The number of aliphatic hydroxyl groups excluding tert-OH is 3. The molecule has 0 amide bonds. The van der Waals surface area contributed by atoms with Crippen molar-refractivity contribution >= 4 is 0 Å². The van der Waals surface area contributed by atoms with Crippen LogP contribution < -0.4 is 10.1 Å². The van der Waals surface area contributed by atoms with Crippen molar-refractivity contribution in [2.45, 2.75) is 31.0 Å². The van der Waals surface area contributed by atoms with E-state index in [-0.39, 0.29) is 37.3 Å². The molecule has 0 spiro atoms. The molecule has 2 rings (SSSR count). The van der Waals surface area contributed by atoms with Gasteiger partial charge in [0.25, 0.3) is 0 Å². The van der Waals surface area contributed by atoms with Crippen LogP contribution in [0.3, 0.4) is 0 Å². The van der Waals surface area contributed by atoms with Gasteiger partial charge in [0.2, 0.25) is 5.88 Å². The first-order valence-electron chi connectivity index (χ1n) is 6.83. The minimum atomic E-state index is -0.375. The number of methoxy groups -OCH3 is 1. The normalized spacial score (nSPS) is 23.4. The van der Waals surface area contributed by atoms with Gasteiger partial charge in [0.1, 0.15) is 0 Å². The van der Waals surface area contributed by atoms with Crippen LogP contribution in [0.5, 0.6) is 5.88 Å². The van der Waals surface area contributed by atoms with Crippen molar-refractivity contribution in [2.24, 2.45) is 5.92 Å². The molecule has 0 saturated heterocycles. The van der Waals surface area contributed by atoms with Crippen LogP contribution >= 0.6 is 0 Å². The molecule has 6 heteroatoms. The van der Waals surface area contributed by atoms with Gasteiger partial charge in [-0.05, 0) is 24.3 Å². The van der Waals surface area contributed by atoms with Gasteiger partial charge in [-0.2, -0.15) is 0 Å². The van der Waals surface area contributed by atoms with E-state index in [4.69, 9.17) is 4.74 Å². The summed E-state index contributed by atoms with van der Waals surface area (Å²) in [4.78, 5) is 4.19. The molecule has 0 radical (unpaired) electrons. The summed E-state index contributed by atoms with van der Waals surface area (Å²) in [5, 5.41) is 31.2. The van der Waals surface area contributed by atoms with Gasteiger partial charge in [-0.25, -0.2) is 4.98 Å². The first-order chi connectivity index (χ1) is 9.67. The van der Waals surface area contributed by atoms with Gasteiger partial charge >= 0.3 is 0 Å². The van der Waals surface area contributed by atoms with Crippen molar-refractivity contribution in [1.29, 1.82) is 0 Å². The maximum absolute atomic E-state index is 9.48. The Morgan fingerprint density at radius 3 is 2.50 bits per heavy atom. The Hall–Kier alpha value is -1.21. The maximum atomic E-state index is 9.48. The number of ether oxygens (including phenoxy) is 1. The molecule has 6 nitrogen and oxygen atoms in total. The van der Waals surface area contributed by atoms with E-state index >= 15 is 0 Å². The lowest BCUT2D eigenvalue weighted by atomic mass is 9.75. The quantitative estimate of drug-likeness (QED) is 0.555. The number of aromatic nitrogens is 1. The first kappa shape index (κ1) is 15.2. The fourth-order valence-corrected chi connectivity index (χ4v) is 2.52. The second-order valence-electron chi connectivity index (χ2n) is 5.23. The van der Waals surface area contributed by atoms with Crippen LogP contribution in [0.25, 0.3) is 0 Å². The molecule has 0 bridgehead atoms. The van der Waals surface area contributed by atoms with E-state index in [2.05, 4.69) is 10.3 Å². The van der Waals surface area contributed by atoms with Crippen LogP contribution in [0.4, 0.5) is 0 Å². The second-order valence-corrected chi connectivity index (χ2v) is 5.23. The molecule has 112 valence electrons. The third-order valence-corrected chi connectivity index (χ3v) is 3.80. The lowest BCUT2D eigenvalue weighted by Crippen LogP contribution is -2.45. The van der Waals surface area contributed by atoms with Crippen molar-refractivity contribution < 1.29 is 20.1 Å². The van der Waals surface area contributed by atoms with E-state index in [1.165, 1.54) is 0 Å². The molecule has 1 aliphatic carbocycles. The third-order valence-electron chi connectivity index (χ3n) is 3.80. The zero-order chi connectivity index (χ0) is 14.5. The summed E-state index contributed by atoms with van der Waals surface area (Å²) in [5.74, 6) is 0.822. The monoisotopic (exact) mass is 282 g/mol. The Labute approximate surface area is 118 Å². The fourth-order valence-electron chi connectivity index (χ4n) is 2.52. The van der Waals surface area contributed by atoms with E-state index < -0.39 is 0 Å². The summed E-state index contributed by atoms with van der Waals surface area (Å²) in [7, 11) is 1.56. The molecular weight excluding hydrogens is 260 g/mol. The Morgan fingerprint density at radius 1 is 1.35 bits per heavy atom. The summed E-state index contributed by atoms with van der Waals surface area (Å²) < 4.78 is 5.04. The van der Waals surface area contributed by atoms with E-state index in [1.54, 1.807) is 19.4 Å². The molecule has 1 aromatic heterocycles. The standard InChI is InChI=1S/C14H22N2O4/c1-20-13-3-2-9(6-15-13)14(10-4-12(19)5-10)16-11(7-17)8-18/h2-3,6,10-12,14,16-19H,4-5,7-8H2,1H3.